The number of nitrogens with two attached hydrogens (primary N) is 1. The molecule has 0 aliphatic carbocycles. The number of hydrogen-bond donors (Lipinski definition) is 1. The zero-order valence-electron chi connectivity index (χ0n) is 10.5. The quantitative estimate of drug-likeness (QED) is 0.734. The van der Waals surface area contributed by atoms with Gasteiger partial charge in [0.1, 0.15) is 5.82 Å². The molecular formula is C13H8Cl2FN5. The smallest absolute Gasteiger partial charge is 0.187 e. The maximum atomic E-state index is 13.2. The molecule has 0 unspecified atom stereocenters. The first-order chi connectivity index (χ1) is 10.0. The summed E-state index contributed by atoms with van der Waals surface area (Å²) in [4.78, 5) is 0. The van der Waals surface area contributed by atoms with E-state index in [0.29, 0.717) is 27.8 Å². The van der Waals surface area contributed by atoms with Crippen LogP contribution >= 0.6 is 23.2 Å². The molecule has 0 fully saturated rings. The molecule has 0 saturated carbocycles. The molecule has 0 saturated heterocycles. The molecule has 0 spiro atoms. The van der Waals surface area contributed by atoms with Crippen molar-refractivity contribution in [3.8, 4) is 17.1 Å². The molecular weight excluding hydrogens is 316 g/mol. The Balaban J connectivity index is 2.14. The highest BCUT2D eigenvalue weighted by Crippen LogP contribution is 2.26. The minimum Gasteiger partial charge on any atom is -0.399 e. The predicted octanol–water partition coefficient (Wildman–Crippen LogP) is 3.36. The number of nitrogens with zero attached hydrogens (tertiary/aromatic N) is 4. The highest BCUT2D eigenvalue weighted by molar-refractivity contribution is 6.31. The second-order valence-corrected chi connectivity index (χ2v) is 5.13. The average molecular weight is 324 g/mol. The van der Waals surface area contributed by atoms with Gasteiger partial charge in [0.05, 0.1) is 10.7 Å². The molecule has 0 amide bonds. The fourth-order valence-corrected chi connectivity index (χ4v) is 2.32. The number of aromatic nitrogens is 4. The first kappa shape index (κ1) is 13.8. The molecule has 5 nitrogen and oxygen atoms in total. The molecule has 2 N–H and O–H groups in total. The lowest BCUT2D eigenvalue weighted by Gasteiger charge is -2.06. The van der Waals surface area contributed by atoms with Crippen molar-refractivity contribution < 1.29 is 4.39 Å². The summed E-state index contributed by atoms with van der Waals surface area (Å²) < 4.78 is 14.7. The van der Waals surface area contributed by atoms with E-state index in [0.717, 1.165) is 0 Å². The Labute approximate surface area is 129 Å². The summed E-state index contributed by atoms with van der Waals surface area (Å²) >= 11 is 11.8. The van der Waals surface area contributed by atoms with Crippen molar-refractivity contribution in [2.45, 2.75) is 0 Å². The van der Waals surface area contributed by atoms with Crippen LogP contribution in [0.4, 0.5) is 10.1 Å². The molecule has 21 heavy (non-hydrogen) atoms. The fourth-order valence-electron chi connectivity index (χ4n) is 1.90. The normalized spacial score (nSPS) is 10.8. The van der Waals surface area contributed by atoms with Gasteiger partial charge in [0.25, 0.3) is 0 Å². The minimum atomic E-state index is -0.512. The Morgan fingerprint density at radius 1 is 1.10 bits per heavy atom. The van der Waals surface area contributed by atoms with Crippen molar-refractivity contribution in [1.29, 1.82) is 0 Å². The molecule has 3 aromatic rings. The molecule has 8 heteroatoms. The number of tetrazole rings is 1. The van der Waals surface area contributed by atoms with Gasteiger partial charge in [-0.2, -0.15) is 4.68 Å². The molecule has 1 aromatic heterocycles. The van der Waals surface area contributed by atoms with E-state index in [1.54, 1.807) is 18.2 Å². The lowest BCUT2D eigenvalue weighted by atomic mass is 10.2. The number of anilines is 1. The average Bonchev–Trinajstić information content (AvgIpc) is 2.90. The van der Waals surface area contributed by atoms with E-state index in [9.17, 15) is 4.39 Å². The lowest BCUT2D eigenvalue weighted by molar-refractivity contribution is 0.627. The van der Waals surface area contributed by atoms with Crippen LogP contribution in [0.25, 0.3) is 17.1 Å². The Morgan fingerprint density at radius 2 is 1.90 bits per heavy atom. The second kappa shape index (κ2) is 5.31. The van der Waals surface area contributed by atoms with Crippen LogP contribution in [0.3, 0.4) is 0 Å². The van der Waals surface area contributed by atoms with Gasteiger partial charge in [-0.05, 0) is 46.8 Å². The van der Waals surface area contributed by atoms with Crippen LogP contribution in [0.2, 0.25) is 10.0 Å². The van der Waals surface area contributed by atoms with Gasteiger partial charge in [0.15, 0.2) is 5.82 Å². The third kappa shape index (κ3) is 2.68. The highest BCUT2D eigenvalue weighted by Gasteiger charge is 2.13. The number of nitrogen functional groups attached to an aromatic ring is 1. The number of hydrogen-bond acceptors (Lipinski definition) is 4. The maximum Gasteiger partial charge on any atom is 0.187 e. The van der Waals surface area contributed by atoms with Crippen LogP contribution in [-0.4, -0.2) is 20.2 Å². The summed E-state index contributed by atoms with van der Waals surface area (Å²) in [6.45, 7) is 0. The monoisotopic (exact) mass is 323 g/mol. The van der Waals surface area contributed by atoms with Crippen LogP contribution in [0, 0.1) is 5.82 Å². The molecule has 0 atom stereocenters. The summed E-state index contributed by atoms with van der Waals surface area (Å²) in [6.07, 6.45) is 0. The zero-order valence-corrected chi connectivity index (χ0v) is 12.0. The van der Waals surface area contributed by atoms with Crippen LogP contribution in [0.1, 0.15) is 0 Å². The first-order valence-electron chi connectivity index (χ1n) is 5.85. The SMILES string of the molecule is Nc1cc(Cl)cc(-c2nnnn2-c2ccc(F)c(Cl)c2)c1. The van der Waals surface area contributed by atoms with Gasteiger partial charge >= 0.3 is 0 Å². The van der Waals surface area contributed by atoms with Crippen molar-refractivity contribution in [3.63, 3.8) is 0 Å². The van der Waals surface area contributed by atoms with Gasteiger partial charge in [-0.15, -0.1) is 5.10 Å². The zero-order chi connectivity index (χ0) is 15.0. The standard InChI is InChI=1S/C13H8Cl2FN5/c14-8-3-7(4-9(17)5-8)13-18-19-20-21(13)10-1-2-12(16)11(15)6-10/h1-6H,17H2. The van der Waals surface area contributed by atoms with E-state index in [1.807, 2.05) is 0 Å². The largest absolute Gasteiger partial charge is 0.399 e. The molecule has 0 aliphatic rings. The maximum absolute atomic E-state index is 13.2. The number of halogens is 3. The topological polar surface area (TPSA) is 69.6 Å². The predicted molar refractivity (Wildman–Crippen MR) is 79.0 cm³/mol. The number of rotatable bonds is 2. The molecule has 1 heterocycles. The van der Waals surface area contributed by atoms with Crippen molar-refractivity contribution in [2.75, 3.05) is 5.73 Å². The van der Waals surface area contributed by atoms with Gasteiger partial charge in [-0.1, -0.05) is 23.2 Å². The minimum absolute atomic E-state index is 0.0143. The Morgan fingerprint density at radius 3 is 2.62 bits per heavy atom. The van der Waals surface area contributed by atoms with Crippen molar-refractivity contribution in [3.05, 3.63) is 52.3 Å². The molecule has 0 radical (unpaired) electrons. The summed E-state index contributed by atoms with van der Waals surface area (Å²) in [5.74, 6) is -0.0890. The van der Waals surface area contributed by atoms with Gasteiger partial charge < -0.3 is 5.73 Å². The van der Waals surface area contributed by atoms with Crippen LogP contribution in [0.15, 0.2) is 36.4 Å². The van der Waals surface area contributed by atoms with E-state index >= 15 is 0 Å². The third-order valence-electron chi connectivity index (χ3n) is 2.80. The van der Waals surface area contributed by atoms with Crippen molar-refractivity contribution >= 4 is 28.9 Å². The Kier molecular flexibility index (Phi) is 3.48. The highest BCUT2D eigenvalue weighted by atomic mass is 35.5. The van der Waals surface area contributed by atoms with Crippen LogP contribution in [0.5, 0.6) is 0 Å². The van der Waals surface area contributed by atoms with E-state index < -0.39 is 5.82 Å². The summed E-state index contributed by atoms with van der Waals surface area (Å²) in [7, 11) is 0. The Hall–Kier alpha value is -2.18. The molecule has 0 aliphatic heterocycles. The summed E-state index contributed by atoms with van der Waals surface area (Å²) in [5.41, 5.74) is 7.43. The van der Waals surface area contributed by atoms with E-state index in [-0.39, 0.29) is 5.02 Å². The van der Waals surface area contributed by atoms with Crippen LogP contribution in [-0.2, 0) is 0 Å². The molecule has 0 bridgehead atoms. The summed E-state index contributed by atoms with van der Waals surface area (Å²) in [6, 6.07) is 9.20. The van der Waals surface area contributed by atoms with E-state index in [1.165, 1.54) is 22.9 Å². The van der Waals surface area contributed by atoms with Gasteiger partial charge in [0, 0.05) is 16.3 Å². The molecule has 2 aromatic carbocycles. The van der Waals surface area contributed by atoms with E-state index in [2.05, 4.69) is 15.5 Å². The summed E-state index contributed by atoms with van der Waals surface area (Å²) in [5, 5.41) is 11.9. The fraction of sp³-hybridized carbons (Fsp3) is 0. The van der Waals surface area contributed by atoms with Gasteiger partial charge in [0.2, 0.25) is 0 Å². The van der Waals surface area contributed by atoms with Crippen molar-refractivity contribution in [2.24, 2.45) is 0 Å². The first-order valence-corrected chi connectivity index (χ1v) is 6.60. The van der Waals surface area contributed by atoms with Crippen molar-refractivity contribution in [1.82, 2.24) is 20.2 Å². The third-order valence-corrected chi connectivity index (χ3v) is 3.30. The van der Waals surface area contributed by atoms with E-state index in [4.69, 9.17) is 28.9 Å². The van der Waals surface area contributed by atoms with Gasteiger partial charge in [-0.25, -0.2) is 4.39 Å². The van der Waals surface area contributed by atoms with Crippen LogP contribution < -0.4 is 5.73 Å². The number of benzene rings is 2. The lowest BCUT2D eigenvalue weighted by Crippen LogP contribution is -2.00. The second-order valence-electron chi connectivity index (χ2n) is 4.29. The Bertz CT molecular complexity index is 798. The molecule has 3 rings (SSSR count). The molecule has 106 valence electrons. The van der Waals surface area contributed by atoms with Gasteiger partial charge in [-0.3, -0.25) is 0 Å².